The lowest BCUT2D eigenvalue weighted by molar-refractivity contribution is -0.137. The van der Waals surface area contributed by atoms with Crippen LogP contribution in [0.2, 0.25) is 5.02 Å². The van der Waals surface area contributed by atoms with Crippen LogP contribution in [0.1, 0.15) is 39.0 Å². The summed E-state index contributed by atoms with van der Waals surface area (Å²) in [4.78, 5) is 28.8. The minimum Gasteiger partial charge on any atom is -0.342 e. The van der Waals surface area contributed by atoms with Crippen LogP contribution < -0.4 is 4.90 Å². The van der Waals surface area contributed by atoms with Crippen LogP contribution in [-0.4, -0.2) is 36.3 Å². The predicted octanol–water partition coefficient (Wildman–Crippen LogP) is 3.73. The summed E-state index contributed by atoms with van der Waals surface area (Å²) < 4.78 is 0. The molecule has 0 spiro atoms. The number of hydrogen-bond acceptors (Lipinski definition) is 2. The maximum atomic E-state index is 12.8. The molecule has 1 saturated heterocycles. The van der Waals surface area contributed by atoms with Crippen molar-refractivity contribution in [2.24, 2.45) is 11.8 Å². The first-order chi connectivity index (χ1) is 11.5. The van der Waals surface area contributed by atoms with Gasteiger partial charge in [0.05, 0.1) is 16.6 Å². The van der Waals surface area contributed by atoms with Gasteiger partial charge < -0.3 is 9.80 Å². The summed E-state index contributed by atoms with van der Waals surface area (Å²) in [5.41, 5.74) is 0.702. The zero-order valence-electron chi connectivity index (χ0n) is 14.4. The van der Waals surface area contributed by atoms with Crippen molar-refractivity contribution in [1.29, 1.82) is 0 Å². The fourth-order valence-electron chi connectivity index (χ4n) is 3.87. The van der Waals surface area contributed by atoms with Crippen LogP contribution in [0.4, 0.5) is 5.69 Å². The molecular weight excluding hydrogens is 324 g/mol. The van der Waals surface area contributed by atoms with Gasteiger partial charge in [-0.2, -0.15) is 0 Å². The van der Waals surface area contributed by atoms with Crippen molar-refractivity contribution < 1.29 is 9.59 Å². The van der Waals surface area contributed by atoms with Gasteiger partial charge in [-0.3, -0.25) is 9.59 Å². The minimum absolute atomic E-state index is 0.0212. The molecule has 2 fully saturated rings. The Kier molecular flexibility index (Phi) is 5.14. The summed E-state index contributed by atoms with van der Waals surface area (Å²) in [5, 5.41) is 0.550. The highest BCUT2D eigenvalue weighted by atomic mass is 35.5. The molecular formula is C19H25ClN2O2. The molecule has 0 N–H and O–H groups in total. The van der Waals surface area contributed by atoms with Crippen molar-refractivity contribution in [3.63, 3.8) is 0 Å². The smallest absolute Gasteiger partial charge is 0.228 e. The van der Waals surface area contributed by atoms with Gasteiger partial charge in [-0.1, -0.05) is 30.7 Å². The maximum absolute atomic E-state index is 12.8. The molecule has 24 heavy (non-hydrogen) atoms. The summed E-state index contributed by atoms with van der Waals surface area (Å²) in [6.45, 7) is 2.70. The zero-order valence-corrected chi connectivity index (χ0v) is 15.1. The van der Waals surface area contributed by atoms with Crippen LogP contribution >= 0.6 is 11.6 Å². The Morgan fingerprint density at radius 1 is 1.21 bits per heavy atom. The van der Waals surface area contributed by atoms with Gasteiger partial charge in [-0.25, -0.2) is 0 Å². The molecule has 5 heteroatoms. The van der Waals surface area contributed by atoms with Gasteiger partial charge in [0.2, 0.25) is 11.8 Å². The molecule has 1 aromatic rings. The lowest BCUT2D eigenvalue weighted by Gasteiger charge is -2.34. The molecule has 1 aliphatic heterocycles. The number of hydrogen-bond donors (Lipinski definition) is 0. The topological polar surface area (TPSA) is 40.6 Å². The van der Waals surface area contributed by atoms with Gasteiger partial charge in [-0.15, -0.1) is 0 Å². The van der Waals surface area contributed by atoms with Gasteiger partial charge in [-0.05, 0) is 43.7 Å². The molecule has 2 amide bonds. The van der Waals surface area contributed by atoms with E-state index in [-0.39, 0.29) is 24.2 Å². The van der Waals surface area contributed by atoms with Crippen LogP contribution in [0.5, 0.6) is 0 Å². The average molecular weight is 349 g/mol. The van der Waals surface area contributed by atoms with Crippen molar-refractivity contribution >= 4 is 29.1 Å². The number of carbonyl (C=O) groups excluding carboxylic acids is 2. The quantitative estimate of drug-likeness (QED) is 0.835. The van der Waals surface area contributed by atoms with E-state index in [1.165, 1.54) is 12.8 Å². The lowest BCUT2D eigenvalue weighted by atomic mass is 9.86. The number of benzene rings is 1. The third-order valence-electron chi connectivity index (χ3n) is 5.50. The Morgan fingerprint density at radius 3 is 2.54 bits per heavy atom. The Morgan fingerprint density at radius 2 is 1.88 bits per heavy atom. The first-order valence-electron chi connectivity index (χ1n) is 8.79. The minimum atomic E-state index is -0.266. The van der Waals surface area contributed by atoms with Gasteiger partial charge in [0.15, 0.2) is 0 Å². The number of para-hydroxylation sites is 1. The van der Waals surface area contributed by atoms with E-state index in [1.807, 2.05) is 30.1 Å². The molecule has 1 heterocycles. The lowest BCUT2D eigenvalue weighted by Crippen LogP contribution is -2.43. The molecule has 0 radical (unpaired) electrons. The summed E-state index contributed by atoms with van der Waals surface area (Å²) >= 11 is 6.21. The molecule has 2 aliphatic rings. The SMILES string of the molecule is CC1CCC(N(C)C(=O)C2CC(=O)N(c3ccccc3Cl)C2)CC1. The van der Waals surface area contributed by atoms with Crippen LogP contribution in [0.15, 0.2) is 24.3 Å². The molecule has 130 valence electrons. The number of rotatable bonds is 3. The van der Waals surface area contributed by atoms with Crippen molar-refractivity contribution in [2.45, 2.75) is 45.1 Å². The van der Waals surface area contributed by atoms with Gasteiger partial charge in [0.25, 0.3) is 0 Å². The Bertz CT molecular complexity index is 626. The standard InChI is InChI=1S/C19H25ClN2O2/c1-13-7-9-15(10-8-13)21(2)19(24)14-11-18(23)22(12-14)17-6-4-3-5-16(17)20/h3-6,13-15H,7-12H2,1-2H3. The monoisotopic (exact) mass is 348 g/mol. The molecule has 0 bridgehead atoms. The second-order valence-electron chi connectivity index (χ2n) is 7.22. The number of nitrogens with zero attached hydrogens (tertiary/aromatic N) is 2. The predicted molar refractivity (Wildman–Crippen MR) is 96.1 cm³/mol. The Labute approximate surface area is 148 Å². The molecule has 1 aromatic carbocycles. The van der Waals surface area contributed by atoms with E-state index in [1.54, 1.807) is 11.0 Å². The van der Waals surface area contributed by atoms with Crippen molar-refractivity contribution in [2.75, 3.05) is 18.5 Å². The van der Waals surface area contributed by atoms with E-state index >= 15 is 0 Å². The number of anilines is 1. The number of amides is 2. The Balaban J connectivity index is 1.67. The van der Waals surface area contributed by atoms with Crippen molar-refractivity contribution in [1.82, 2.24) is 4.90 Å². The zero-order chi connectivity index (χ0) is 17.3. The van der Waals surface area contributed by atoms with E-state index in [0.717, 1.165) is 18.8 Å². The van der Waals surface area contributed by atoms with Gasteiger partial charge >= 0.3 is 0 Å². The maximum Gasteiger partial charge on any atom is 0.228 e. The van der Waals surface area contributed by atoms with E-state index in [4.69, 9.17) is 11.6 Å². The molecule has 0 aromatic heterocycles. The van der Waals surface area contributed by atoms with Crippen LogP contribution in [0, 0.1) is 11.8 Å². The second-order valence-corrected chi connectivity index (χ2v) is 7.63. The van der Waals surface area contributed by atoms with Crippen LogP contribution in [0.25, 0.3) is 0 Å². The largest absolute Gasteiger partial charge is 0.342 e. The summed E-state index contributed by atoms with van der Waals surface area (Å²) in [6.07, 6.45) is 4.77. The molecule has 1 saturated carbocycles. The van der Waals surface area contributed by atoms with E-state index in [0.29, 0.717) is 23.3 Å². The summed E-state index contributed by atoms with van der Waals surface area (Å²) in [5.74, 6) is 0.566. The highest BCUT2D eigenvalue weighted by molar-refractivity contribution is 6.33. The fourth-order valence-corrected chi connectivity index (χ4v) is 4.11. The molecule has 3 rings (SSSR count). The first kappa shape index (κ1) is 17.3. The third-order valence-corrected chi connectivity index (χ3v) is 5.82. The number of carbonyl (C=O) groups is 2. The molecule has 4 nitrogen and oxygen atoms in total. The number of halogens is 1. The van der Waals surface area contributed by atoms with Gasteiger partial charge in [0.1, 0.15) is 0 Å². The molecule has 1 unspecified atom stereocenters. The Hall–Kier alpha value is -1.55. The van der Waals surface area contributed by atoms with Crippen LogP contribution in [0.3, 0.4) is 0 Å². The van der Waals surface area contributed by atoms with E-state index < -0.39 is 0 Å². The van der Waals surface area contributed by atoms with Crippen LogP contribution in [-0.2, 0) is 9.59 Å². The van der Waals surface area contributed by atoms with E-state index in [2.05, 4.69) is 6.92 Å². The highest BCUT2D eigenvalue weighted by Crippen LogP contribution is 2.33. The van der Waals surface area contributed by atoms with E-state index in [9.17, 15) is 9.59 Å². The normalized spacial score (nSPS) is 27.4. The second kappa shape index (κ2) is 7.14. The third kappa shape index (κ3) is 3.44. The fraction of sp³-hybridized carbons (Fsp3) is 0.579. The summed E-state index contributed by atoms with van der Waals surface area (Å²) in [7, 11) is 1.89. The molecule has 1 atom stereocenters. The summed E-state index contributed by atoms with van der Waals surface area (Å²) in [6, 6.07) is 7.62. The molecule has 1 aliphatic carbocycles. The van der Waals surface area contributed by atoms with Crippen molar-refractivity contribution in [3.05, 3.63) is 29.3 Å². The highest BCUT2D eigenvalue weighted by Gasteiger charge is 2.38. The van der Waals surface area contributed by atoms with Gasteiger partial charge in [0, 0.05) is 26.1 Å². The average Bonchev–Trinajstić information content (AvgIpc) is 2.96. The van der Waals surface area contributed by atoms with Crippen molar-refractivity contribution in [3.8, 4) is 0 Å². The first-order valence-corrected chi connectivity index (χ1v) is 9.16.